The van der Waals surface area contributed by atoms with Gasteiger partial charge in [-0.1, -0.05) is 11.6 Å². The van der Waals surface area contributed by atoms with Crippen LogP contribution in [0.25, 0.3) is 0 Å². The Morgan fingerprint density at radius 1 is 1.37 bits per heavy atom. The zero-order chi connectivity index (χ0) is 14.4. The first kappa shape index (κ1) is 15.7. The maximum Gasteiger partial charge on any atom is 0.305 e. The predicted molar refractivity (Wildman–Crippen MR) is 77.1 cm³/mol. The lowest BCUT2D eigenvalue weighted by Crippen LogP contribution is -2.28. The first-order chi connectivity index (χ1) is 8.95. The third-order valence-corrected chi connectivity index (χ3v) is 3.49. The van der Waals surface area contributed by atoms with Crippen LogP contribution < -0.4 is 0 Å². The maximum atomic E-state index is 12.2. The molecule has 0 radical (unpaired) electrons. The Balaban J connectivity index is 2.61. The zero-order valence-electron chi connectivity index (χ0n) is 11.4. The van der Waals surface area contributed by atoms with E-state index in [0.29, 0.717) is 24.9 Å². The van der Waals surface area contributed by atoms with E-state index >= 15 is 0 Å². The molecule has 0 atom stereocenters. The minimum absolute atomic E-state index is 0.0551. The molecular weight excluding hydrogens is 310 g/mol. The SMILES string of the molecule is COC(=O)CCCN(C)C(=O)c1cc(C)ccc1Br. The van der Waals surface area contributed by atoms with Gasteiger partial charge in [0.1, 0.15) is 0 Å². The van der Waals surface area contributed by atoms with Crippen LogP contribution in [0.5, 0.6) is 0 Å². The number of nitrogens with zero attached hydrogens (tertiary/aromatic N) is 1. The Labute approximate surface area is 121 Å². The highest BCUT2D eigenvalue weighted by Crippen LogP contribution is 2.19. The summed E-state index contributed by atoms with van der Waals surface area (Å²) in [4.78, 5) is 24.9. The second-order valence-corrected chi connectivity index (χ2v) is 5.24. The van der Waals surface area contributed by atoms with Crippen LogP contribution >= 0.6 is 15.9 Å². The molecule has 104 valence electrons. The van der Waals surface area contributed by atoms with E-state index in [-0.39, 0.29) is 11.9 Å². The normalized spacial score (nSPS) is 10.1. The van der Waals surface area contributed by atoms with Crippen molar-refractivity contribution >= 4 is 27.8 Å². The number of benzene rings is 1. The van der Waals surface area contributed by atoms with Crippen molar-refractivity contribution in [3.05, 3.63) is 33.8 Å². The monoisotopic (exact) mass is 327 g/mol. The van der Waals surface area contributed by atoms with E-state index in [1.54, 1.807) is 11.9 Å². The molecule has 0 aliphatic carbocycles. The summed E-state index contributed by atoms with van der Waals surface area (Å²) >= 11 is 3.38. The fourth-order valence-corrected chi connectivity index (χ4v) is 2.09. The lowest BCUT2D eigenvalue weighted by atomic mass is 10.1. The van der Waals surface area contributed by atoms with E-state index in [1.807, 2.05) is 25.1 Å². The van der Waals surface area contributed by atoms with Gasteiger partial charge < -0.3 is 9.64 Å². The largest absolute Gasteiger partial charge is 0.469 e. The molecule has 0 aliphatic heterocycles. The molecule has 0 unspecified atom stereocenters. The van der Waals surface area contributed by atoms with E-state index in [2.05, 4.69) is 20.7 Å². The number of esters is 1. The van der Waals surface area contributed by atoms with Gasteiger partial charge in [0.25, 0.3) is 5.91 Å². The minimum Gasteiger partial charge on any atom is -0.469 e. The molecule has 0 heterocycles. The van der Waals surface area contributed by atoms with Crippen molar-refractivity contribution in [2.45, 2.75) is 19.8 Å². The summed E-state index contributed by atoms with van der Waals surface area (Å²) in [6, 6.07) is 5.66. The van der Waals surface area contributed by atoms with Crippen molar-refractivity contribution in [2.24, 2.45) is 0 Å². The van der Waals surface area contributed by atoms with Gasteiger partial charge in [-0.2, -0.15) is 0 Å². The van der Waals surface area contributed by atoms with Crippen LogP contribution in [0.3, 0.4) is 0 Å². The lowest BCUT2D eigenvalue weighted by Gasteiger charge is -2.18. The topological polar surface area (TPSA) is 46.6 Å². The summed E-state index contributed by atoms with van der Waals surface area (Å²) in [5.41, 5.74) is 1.68. The van der Waals surface area contributed by atoms with E-state index in [1.165, 1.54) is 7.11 Å². The van der Waals surface area contributed by atoms with Crippen molar-refractivity contribution in [1.29, 1.82) is 0 Å². The summed E-state index contributed by atoms with van der Waals surface area (Å²) in [5, 5.41) is 0. The number of hydrogen-bond acceptors (Lipinski definition) is 3. The number of carbonyl (C=O) groups is 2. The molecule has 0 aromatic heterocycles. The number of ether oxygens (including phenoxy) is 1. The van der Waals surface area contributed by atoms with Gasteiger partial charge in [0.05, 0.1) is 12.7 Å². The number of methoxy groups -OCH3 is 1. The molecule has 0 spiro atoms. The molecule has 19 heavy (non-hydrogen) atoms. The molecule has 0 saturated carbocycles. The molecule has 0 saturated heterocycles. The highest BCUT2D eigenvalue weighted by atomic mass is 79.9. The highest BCUT2D eigenvalue weighted by Gasteiger charge is 2.15. The van der Waals surface area contributed by atoms with Gasteiger partial charge in [-0.3, -0.25) is 9.59 Å². The van der Waals surface area contributed by atoms with E-state index in [0.717, 1.165) is 10.0 Å². The maximum absolute atomic E-state index is 12.2. The summed E-state index contributed by atoms with van der Waals surface area (Å²) in [6.45, 7) is 2.47. The van der Waals surface area contributed by atoms with Gasteiger partial charge in [0, 0.05) is 24.5 Å². The van der Waals surface area contributed by atoms with Crippen molar-refractivity contribution < 1.29 is 14.3 Å². The van der Waals surface area contributed by atoms with Gasteiger partial charge in [-0.05, 0) is 41.4 Å². The Morgan fingerprint density at radius 2 is 2.05 bits per heavy atom. The summed E-state index contributed by atoms with van der Waals surface area (Å²) in [6.07, 6.45) is 0.918. The van der Waals surface area contributed by atoms with Crippen LogP contribution in [-0.2, 0) is 9.53 Å². The van der Waals surface area contributed by atoms with Crippen molar-refractivity contribution in [3.8, 4) is 0 Å². The van der Waals surface area contributed by atoms with Crippen LogP contribution in [-0.4, -0.2) is 37.5 Å². The van der Waals surface area contributed by atoms with Gasteiger partial charge in [-0.25, -0.2) is 0 Å². The lowest BCUT2D eigenvalue weighted by molar-refractivity contribution is -0.140. The second-order valence-electron chi connectivity index (χ2n) is 4.39. The van der Waals surface area contributed by atoms with Gasteiger partial charge in [-0.15, -0.1) is 0 Å². The molecule has 1 amide bonds. The first-order valence-electron chi connectivity index (χ1n) is 6.04. The number of rotatable bonds is 5. The van der Waals surface area contributed by atoms with Crippen LogP contribution in [0.4, 0.5) is 0 Å². The first-order valence-corrected chi connectivity index (χ1v) is 6.83. The fraction of sp³-hybridized carbons (Fsp3) is 0.429. The fourth-order valence-electron chi connectivity index (χ4n) is 1.67. The Morgan fingerprint density at radius 3 is 2.68 bits per heavy atom. The molecule has 5 heteroatoms. The predicted octanol–water partition coefficient (Wildman–Crippen LogP) is 2.78. The molecule has 1 rings (SSSR count). The average Bonchev–Trinajstić information content (AvgIpc) is 2.40. The molecule has 4 nitrogen and oxygen atoms in total. The van der Waals surface area contributed by atoms with E-state index in [4.69, 9.17) is 0 Å². The van der Waals surface area contributed by atoms with Crippen LogP contribution in [0.1, 0.15) is 28.8 Å². The van der Waals surface area contributed by atoms with Crippen LogP contribution in [0.15, 0.2) is 22.7 Å². The third-order valence-electron chi connectivity index (χ3n) is 2.80. The average molecular weight is 328 g/mol. The summed E-state index contributed by atoms with van der Waals surface area (Å²) in [7, 11) is 3.09. The third kappa shape index (κ3) is 4.67. The van der Waals surface area contributed by atoms with E-state index < -0.39 is 0 Å². The smallest absolute Gasteiger partial charge is 0.305 e. The number of aryl methyl sites for hydroxylation is 1. The Hall–Kier alpha value is -1.36. The number of hydrogen-bond donors (Lipinski definition) is 0. The zero-order valence-corrected chi connectivity index (χ0v) is 13.0. The number of carbonyl (C=O) groups excluding carboxylic acids is 2. The highest BCUT2D eigenvalue weighted by molar-refractivity contribution is 9.10. The van der Waals surface area contributed by atoms with Crippen molar-refractivity contribution in [1.82, 2.24) is 4.90 Å². The second kappa shape index (κ2) is 7.28. The van der Waals surface area contributed by atoms with Crippen molar-refractivity contribution in [3.63, 3.8) is 0 Å². The molecule has 0 fully saturated rings. The van der Waals surface area contributed by atoms with E-state index in [9.17, 15) is 9.59 Å². The van der Waals surface area contributed by atoms with Gasteiger partial charge in [0.2, 0.25) is 0 Å². The molecule has 0 bridgehead atoms. The molecular formula is C14H18BrNO3. The number of amides is 1. The summed E-state index contributed by atoms with van der Waals surface area (Å²) < 4.78 is 5.34. The van der Waals surface area contributed by atoms with Gasteiger partial charge in [0.15, 0.2) is 0 Å². The minimum atomic E-state index is -0.252. The molecule has 1 aromatic rings. The number of halogens is 1. The standard InChI is InChI=1S/C14H18BrNO3/c1-10-6-7-12(15)11(9-10)14(18)16(2)8-4-5-13(17)19-3/h6-7,9H,4-5,8H2,1-3H3. The van der Waals surface area contributed by atoms with Crippen molar-refractivity contribution in [2.75, 3.05) is 20.7 Å². The van der Waals surface area contributed by atoms with Crippen LogP contribution in [0, 0.1) is 6.92 Å². The molecule has 0 N–H and O–H groups in total. The Bertz CT molecular complexity index is 474. The van der Waals surface area contributed by atoms with Gasteiger partial charge >= 0.3 is 5.97 Å². The Kier molecular flexibility index (Phi) is 6.02. The quantitative estimate of drug-likeness (QED) is 0.781. The van der Waals surface area contributed by atoms with Crippen LogP contribution in [0.2, 0.25) is 0 Å². The molecule has 0 aliphatic rings. The summed E-state index contributed by atoms with van der Waals surface area (Å²) in [5.74, 6) is -0.307. The molecule has 1 aromatic carbocycles.